The minimum atomic E-state index is 0.239. The number of nitrogens with zero attached hydrogens (tertiary/aromatic N) is 1. The van der Waals surface area contributed by atoms with Crippen LogP contribution in [0.3, 0.4) is 0 Å². The highest BCUT2D eigenvalue weighted by Crippen LogP contribution is 2.23. The molecule has 0 spiro atoms. The first-order valence-electron chi connectivity index (χ1n) is 5.55. The first-order valence-corrected chi connectivity index (χ1v) is 5.55. The Morgan fingerprint density at radius 2 is 2.27 bits per heavy atom. The van der Waals surface area contributed by atoms with E-state index in [2.05, 4.69) is 31.2 Å². The van der Waals surface area contributed by atoms with Crippen LogP contribution < -0.4 is 11.3 Å². The van der Waals surface area contributed by atoms with E-state index in [0.29, 0.717) is 5.92 Å². The van der Waals surface area contributed by atoms with Crippen LogP contribution in [0.25, 0.3) is 0 Å². The first kappa shape index (κ1) is 12.1. The van der Waals surface area contributed by atoms with Gasteiger partial charge in [0.1, 0.15) is 0 Å². The highest BCUT2D eigenvalue weighted by Gasteiger charge is 2.14. The Morgan fingerprint density at radius 1 is 1.53 bits per heavy atom. The van der Waals surface area contributed by atoms with Crippen molar-refractivity contribution in [3.63, 3.8) is 0 Å². The predicted molar refractivity (Wildman–Crippen MR) is 63.1 cm³/mol. The molecule has 0 aliphatic heterocycles. The zero-order valence-electron chi connectivity index (χ0n) is 9.83. The molecule has 2 unspecified atom stereocenters. The molecule has 0 saturated heterocycles. The summed E-state index contributed by atoms with van der Waals surface area (Å²) in [4.78, 5) is 4.09. The SMILES string of the molecule is CCC(C)CC(NN)c1ccncc1C. The molecule has 0 fully saturated rings. The molecule has 1 aromatic rings. The Labute approximate surface area is 92.1 Å². The van der Waals surface area contributed by atoms with E-state index in [4.69, 9.17) is 5.84 Å². The summed E-state index contributed by atoms with van der Waals surface area (Å²) in [5.74, 6) is 6.29. The molecule has 3 N–H and O–H groups in total. The highest BCUT2D eigenvalue weighted by molar-refractivity contribution is 5.25. The summed E-state index contributed by atoms with van der Waals surface area (Å²) < 4.78 is 0. The number of aryl methyl sites for hydroxylation is 1. The summed E-state index contributed by atoms with van der Waals surface area (Å²) >= 11 is 0. The van der Waals surface area contributed by atoms with Crippen molar-refractivity contribution < 1.29 is 0 Å². The van der Waals surface area contributed by atoms with Crippen LogP contribution in [0.15, 0.2) is 18.5 Å². The van der Waals surface area contributed by atoms with Crippen molar-refractivity contribution in [2.75, 3.05) is 0 Å². The van der Waals surface area contributed by atoms with Gasteiger partial charge in [-0.3, -0.25) is 16.3 Å². The smallest absolute Gasteiger partial charge is 0.0466 e. The number of pyridine rings is 1. The van der Waals surface area contributed by atoms with E-state index in [1.54, 1.807) is 0 Å². The van der Waals surface area contributed by atoms with Gasteiger partial charge in [0.05, 0.1) is 0 Å². The number of rotatable bonds is 5. The predicted octanol–water partition coefficient (Wildman–Crippen LogP) is 2.33. The van der Waals surface area contributed by atoms with E-state index in [1.807, 2.05) is 18.5 Å². The molecule has 84 valence electrons. The van der Waals surface area contributed by atoms with Gasteiger partial charge < -0.3 is 0 Å². The molecule has 1 heterocycles. The van der Waals surface area contributed by atoms with E-state index >= 15 is 0 Å². The van der Waals surface area contributed by atoms with Crippen molar-refractivity contribution in [3.05, 3.63) is 29.6 Å². The van der Waals surface area contributed by atoms with Gasteiger partial charge >= 0.3 is 0 Å². The maximum Gasteiger partial charge on any atom is 0.0466 e. The molecule has 2 atom stereocenters. The largest absolute Gasteiger partial charge is 0.271 e. The second-order valence-electron chi connectivity index (χ2n) is 4.20. The van der Waals surface area contributed by atoms with Crippen molar-refractivity contribution in [2.45, 2.75) is 39.7 Å². The van der Waals surface area contributed by atoms with Crippen LogP contribution in [-0.2, 0) is 0 Å². The van der Waals surface area contributed by atoms with E-state index in [-0.39, 0.29) is 6.04 Å². The summed E-state index contributed by atoms with van der Waals surface area (Å²) in [6, 6.07) is 2.28. The minimum Gasteiger partial charge on any atom is -0.271 e. The van der Waals surface area contributed by atoms with Crippen LogP contribution >= 0.6 is 0 Å². The fraction of sp³-hybridized carbons (Fsp3) is 0.583. The van der Waals surface area contributed by atoms with Crippen molar-refractivity contribution in [1.29, 1.82) is 0 Å². The molecule has 0 bridgehead atoms. The normalized spacial score (nSPS) is 14.9. The van der Waals surface area contributed by atoms with Gasteiger partial charge in [-0.25, -0.2) is 0 Å². The molecule has 1 rings (SSSR count). The van der Waals surface area contributed by atoms with Gasteiger partial charge in [-0.05, 0) is 36.5 Å². The lowest BCUT2D eigenvalue weighted by Crippen LogP contribution is -2.29. The van der Waals surface area contributed by atoms with Crippen LogP contribution in [0.2, 0.25) is 0 Å². The van der Waals surface area contributed by atoms with Crippen molar-refractivity contribution in [1.82, 2.24) is 10.4 Å². The number of hydrogen-bond acceptors (Lipinski definition) is 3. The van der Waals surface area contributed by atoms with E-state index in [9.17, 15) is 0 Å². The Hall–Kier alpha value is -0.930. The van der Waals surface area contributed by atoms with Crippen LogP contribution in [-0.4, -0.2) is 4.98 Å². The number of aromatic nitrogens is 1. The fourth-order valence-corrected chi connectivity index (χ4v) is 1.73. The number of nitrogens with two attached hydrogens (primary N) is 1. The van der Waals surface area contributed by atoms with Gasteiger partial charge in [0, 0.05) is 18.4 Å². The van der Waals surface area contributed by atoms with E-state index in [0.717, 1.165) is 6.42 Å². The molecule has 3 heteroatoms. The molecule has 0 aliphatic carbocycles. The average Bonchev–Trinajstić information content (AvgIpc) is 2.26. The monoisotopic (exact) mass is 207 g/mol. The third kappa shape index (κ3) is 3.29. The summed E-state index contributed by atoms with van der Waals surface area (Å²) in [5, 5.41) is 0. The second kappa shape index (κ2) is 5.83. The van der Waals surface area contributed by atoms with Gasteiger partial charge in [-0.15, -0.1) is 0 Å². The van der Waals surface area contributed by atoms with Crippen LogP contribution in [0, 0.1) is 12.8 Å². The van der Waals surface area contributed by atoms with Crippen molar-refractivity contribution in [2.24, 2.45) is 11.8 Å². The number of nitrogens with one attached hydrogen (secondary N) is 1. The first-order chi connectivity index (χ1) is 7.19. The lowest BCUT2D eigenvalue weighted by Gasteiger charge is -2.21. The number of hydrazine groups is 1. The zero-order valence-corrected chi connectivity index (χ0v) is 9.83. The van der Waals surface area contributed by atoms with Gasteiger partial charge in [0.25, 0.3) is 0 Å². The fourth-order valence-electron chi connectivity index (χ4n) is 1.73. The average molecular weight is 207 g/mol. The maximum absolute atomic E-state index is 5.61. The third-order valence-electron chi connectivity index (χ3n) is 2.98. The molecule has 3 nitrogen and oxygen atoms in total. The highest BCUT2D eigenvalue weighted by atomic mass is 15.2. The maximum atomic E-state index is 5.61. The van der Waals surface area contributed by atoms with Crippen LogP contribution in [0.5, 0.6) is 0 Å². The molecule has 0 aromatic carbocycles. The molecular weight excluding hydrogens is 186 g/mol. The summed E-state index contributed by atoms with van der Waals surface area (Å²) in [6.45, 7) is 6.53. The molecular formula is C12H21N3. The topological polar surface area (TPSA) is 50.9 Å². The number of hydrogen-bond donors (Lipinski definition) is 2. The standard InChI is InChI=1S/C12H21N3/c1-4-9(2)7-12(15-13)11-5-6-14-8-10(11)3/h5-6,8-9,12,15H,4,7,13H2,1-3H3. The lowest BCUT2D eigenvalue weighted by atomic mass is 9.93. The van der Waals surface area contributed by atoms with Gasteiger partial charge in [0.2, 0.25) is 0 Å². The summed E-state index contributed by atoms with van der Waals surface area (Å²) in [7, 11) is 0. The molecule has 1 aromatic heterocycles. The van der Waals surface area contributed by atoms with Gasteiger partial charge in [0.15, 0.2) is 0 Å². The Morgan fingerprint density at radius 3 is 2.80 bits per heavy atom. The quantitative estimate of drug-likeness (QED) is 0.575. The van der Waals surface area contributed by atoms with Gasteiger partial charge in [-0.2, -0.15) is 0 Å². The van der Waals surface area contributed by atoms with E-state index in [1.165, 1.54) is 17.5 Å². The van der Waals surface area contributed by atoms with E-state index < -0.39 is 0 Å². The second-order valence-corrected chi connectivity index (χ2v) is 4.20. The van der Waals surface area contributed by atoms with Crippen molar-refractivity contribution in [3.8, 4) is 0 Å². The lowest BCUT2D eigenvalue weighted by molar-refractivity contribution is 0.406. The Bertz CT molecular complexity index is 299. The summed E-state index contributed by atoms with van der Waals surface area (Å²) in [5.41, 5.74) is 5.35. The Kier molecular flexibility index (Phi) is 4.72. The summed E-state index contributed by atoms with van der Waals surface area (Å²) in [6.07, 6.45) is 5.96. The van der Waals surface area contributed by atoms with Crippen LogP contribution in [0.4, 0.5) is 0 Å². The molecule has 0 aliphatic rings. The molecule has 0 saturated carbocycles. The zero-order chi connectivity index (χ0) is 11.3. The van der Waals surface area contributed by atoms with Crippen LogP contribution in [0.1, 0.15) is 43.9 Å². The van der Waals surface area contributed by atoms with Gasteiger partial charge in [-0.1, -0.05) is 20.3 Å². The molecule has 0 radical (unpaired) electrons. The third-order valence-corrected chi connectivity index (χ3v) is 2.98. The minimum absolute atomic E-state index is 0.239. The van der Waals surface area contributed by atoms with Crippen molar-refractivity contribution >= 4 is 0 Å². The Balaban J connectivity index is 2.78. The molecule has 0 amide bonds. The molecule has 15 heavy (non-hydrogen) atoms.